The van der Waals surface area contributed by atoms with Gasteiger partial charge in [-0.3, -0.25) is 19.8 Å². The van der Waals surface area contributed by atoms with Crippen LogP contribution in [-0.4, -0.2) is 36.9 Å². The van der Waals surface area contributed by atoms with Crippen molar-refractivity contribution >= 4 is 33.0 Å². The van der Waals surface area contributed by atoms with E-state index in [0.717, 1.165) is 4.47 Å². The van der Waals surface area contributed by atoms with Gasteiger partial charge >= 0.3 is 5.69 Å². The van der Waals surface area contributed by atoms with Gasteiger partial charge in [0, 0.05) is 11.5 Å². The van der Waals surface area contributed by atoms with Gasteiger partial charge in [-0.05, 0) is 24.3 Å². The van der Waals surface area contributed by atoms with Crippen LogP contribution < -0.4 is 27.3 Å². The van der Waals surface area contributed by atoms with E-state index in [2.05, 4.69) is 31.3 Å². The fourth-order valence-corrected chi connectivity index (χ4v) is 2.77. The summed E-state index contributed by atoms with van der Waals surface area (Å²) in [5.74, 6) is 6.20. The lowest BCUT2D eigenvalue weighted by Crippen LogP contribution is -2.31. The molecule has 1 atom stereocenters. The van der Waals surface area contributed by atoms with Crippen LogP contribution in [0.2, 0.25) is 0 Å². The molecule has 0 unspecified atom stereocenters. The zero-order valence-corrected chi connectivity index (χ0v) is 15.4. The van der Waals surface area contributed by atoms with Gasteiger partial charge in [0.25, 0.3) is 5.56 Å². The smallest absolute Gasteiger partial charge is 0.329 e. The molecular formula is C15H17BrN6O4. The zero-order valence-electron chi connectivity index (χ0n) is 13.8. The number of H-pyrrole nitrogens is 1. The summed E-state index contributed by atoms with van der Waals surface area (Å²) in [6.45, 7) is -0.0111. The van der Waals surface area contributed by atoms with E-state index in [1.807, 2.05) is 12.1 Å². The fourth-order valence-electron chi connectivity index (χ4n) is 2.51. The third-order valence-corrected chi connectivity index (χ3v) is 4.31. The van der Waals surface area contributed by atoms with E-state index in [1.54, 1.807) is 12.1 Å². The Morgan fingerprint density at radius 1 is 1.38 bits per heavy atom. The van der Waals surface area contributed by atoms with Crippen molar-refractivity contribution in [1.82, 2.24) is 19.1 Å². The Kier molecular flexibility index (Phi) is 5.11. The minimum Gasteiger partial charge on any atom is -0.491 e. The van der Waals surface area contributed by atoms with E-state index in [9.17, 15) is 14.7 Å². The van der Waals surface area contributed by atoms with Gasteiger partial charge in [0.2, 0.25) is 5.95 Å². The van der Waals surface area contributed by atoms with Crippen LogP contribution in [0.15, 0.2) is 38.3 Å². The summed E-state index contributed by atoms with van der Waals surface area (Å²) in [6, 6.07) is 7.16. The molecule has 5 N–H and O–H groups in total. The van der Waals surface area contributed by atoms with Gasteiger partial charge in [0.05, 0.1) is 6.54 Å². The lowest BCUT2D eigenvalue weighted by atomic mass is 10.3. The summed E-state index contributed by atoms with van der Waals surface area (Å²) in [6.07, 6.45) is -0.945. The number of nitrogen functional groups attached to an aromatic ring is 1. The minimum absolute atomic E-state index is 0.00497. The van der Waals surface area contributed by atoms with E-state index in [4.69, 9.17) is 10.6 Å². The number of rotatable bonds is 6. The lowest BCUT2D eigenvalue weighted by Gasteiger charge is -2.15. The summed E-state index contributed by atoms with van der Waals surface area (Å²) in [5.41, 5.74) is 1.46. The van der Waals surface area contributed by atoms with E-state index >= 15 is 0 Å². The standard InChI is InChI=1S/C15H17BrN6O4/c1-21-12-11(13(24)19-15(21)25)22(14(18-12)20-17)6-9(23)7-26-10-4-2-8(16)3-5-10/h2-5,9,23H,6-7,17H2,1H3,(H,18,20)(H,19,24,25)/t9-/m1/s1. The molecule has 0 spiro atoms. The van der Waals surface area contributed by atoms with Crippen LogP contribution in [0.25, 0.3) is 11.2 Å². The molecule has 0 bridgehead atoms. The Bertz CT molecular complexity index is 1040. The van der Waals surface area contributed by atoms with Gasteiger partial charge in [-0.1, -0.05) is 15.9 Å². The molecule has 0 aliphatic carbocycles. The Hall–Kier alpha value is -2.63. The number of fused-ring (bicyclic) bond motifs is 1. The summed E-state index contributed by atoms with van der Waals surface area (Å²) in [5, 5.41) is 10.3. The second-order valence-electron chi connectivity index (χ2n) is 5.60. The summed E-state index contributed by atoms with van der Waals surface area (Å²) in [4.78, 5) is 30.2. The second-order valence-corrected chi connectivity index (χ2v) is 6.52. The SMILES string of the molecule is Cn1c(=O)[nH]c(=O)c2c1nc(NN)n2C[C@@H](O)COc1ccc(Br)cc1. The molecule has 2 aromatic heterocycles. The summed E-state index contributed by atoms with van der Waals surface area (Å²) < 4.78 is 9.05. The Morgan fingerprint density at radius 3 is 2.73 bits per heavy atom. The first-order valence-corrected chi connectivity index (χ1v) is 8.42. The highest BCUT2D eigenvalue weighted by Gasteiger charge is 2.19. The van der Waals surface area contributed by atoms with Gasteiger partial charge < -0.3 is 14.4 Å². The van der Waals surface area contributed by atoms with Crippen LogP contribution in [0, 0.1) is 0 Å². The molecule has 1 aromatic carbocycles. The first-order valence-electron chi connectivity index (χ1n) is 7.63. The number of nitrogens with zero attached hydrogens (tertiary/aromatic N) is 3. The third-order valence-electron chi connectivity index (χ3n) is 3.79. The van der Waals surface area contributed by atoms with E-state index < -0.39 is 17.4 Å². The molecule has 0 aliphatic rings. The number of nitrogens with two attached hydrogens (primary N) is 1. The summed E-state index contributed by atoms with van der Waals surface area (Å²) >= 11 is 3.33. The van der Waals surface area contributed by atoms with Crippen LogP contribution in [0.4, 0.5) is 5.95 Å². The van der Waals surface area contributed by atoms with Crippen LogP contribution >= 0.6 is 15.9 Å². The van der Waals surface area contributed by atoms with Crippen LogP contribution in [-0.2, 0) is 13.6 Å². The zero-order chi connectivity index (χ0) is 18.8. The molecular weight excluding hydrogens is 408 g/mol. The number of halogens is 1. The van der Waals surface area contributed by atoms with Gasteiger partial charge in [-0.2, -0.15) is 4.98 Å². The van der Waals surface area contributed by atoms with Crippen molar-refractivity contribution < 1.29 is 9.84 Å². The Balaban J connectivity index is 1.85. The maximum Gasteiger partial charge on any atom is 0.329 e. The molecule has 3 rings (SSSR count). The fraction of sp³-hybridized carbons (Fsp3) is 0.267. The maximum atomic E-state index is 12.2. The lowest BCUT2D eigenvalue weighted by molar-refractivity contribution is 0.0938. The molecule has 138 valence electrons. The predicted octanol–water partition coefficient (Wildman–Crippen LogP) is -0.0887. The van der Waals surface area contributed by atoms with E-state index in [1.165, 1.54) is 16.2 Å². The highest BCUT2D eigenvalue weighted by Crippen LogP contribution is 2.18. The molecule has 3 aromatic rings. The Morgan fingerprint density at radius 2 is 2.08 bits per heavy atom. The number of aromatic amines is 1. The number of aryl methyl sites for hydroxylation is 1. The van der Waals surface area contributed by atoms with Crippen molar-refractivity contribution in [3.8, 4) is 5.75 Å². The number of hydrogen-bond donors (Lipinski definition) is 4. The monoisotopic (exact) mass is 424 g/mol. The largest absolute Gasteiger partial charge is 0.491 e. The number of ether oxygens (including phenoxy) is 1. The molecule has 0 saturated heterocycles. The van der Waals surface area contributed by atoms with Crippen LogP contribution in [0.1, 0.15) is 0 Å². The molecule has 2 heterocycles. The normalized spacial score (nSPS) is 12.3. The first-order chi connectivity index (χ1) is 12.4. The second kappa shape index (κ2) is 7.32. The molecule has 0 fully saturated rings. The highest BCUT2D eigenvalue weighted by molar-refractivity contribution is 9.10. The number of aliphatic hydroxyl groups is 1. The molecule has 0 aliphatic heterocycles. The third kappa shape index (κ3) is 3.49. The van der Waals surface area contributed by atoms with Crippen molar-refractivity contribution in [2.75, 3.05) is 12.0 Å². The van der Waals surface area contributed by atoms with Gasteiger partial charge in [0.15, 0.2) is 11.2 Å². The van der Waals surface area contributed by atoms with Crippen molar-refractivity contribution in [1.29, 1.82) is 0 Å². The maximum absolute atomic E-state index is 12.2. The van der Waals surface area contributed by atoms with Crippen molar-refractivity contribution in [3.05, 3.63) is 49.6 Å². The van der Waals surface area contributed by atoms with Crippen molar-refractivity contribution in [2.45, 2.75) is 12.6 Å². The van der Waals surface area contributed by atoms with Gasteiger partial charge in [-0.15, -0.1) is 0 Å². The molecule has 10 nitrogen and oxygen atoms in total. The first kappa shape index (κ1) is 18.2. The number of hydrazine groups is 1. The number of anilines is 1. The highest BCUT2D eigenvalue weighted by atomic mass is 79.9. The molecule has 0 amide bonds. The molecule has 11 heteroatoms. The van der Waals surface area contributed by atoms with Crippen LogP contribution in [0.3, 0.4) is 0 Å². The molecule has 0 radical (unpaired) electrons. The predicted molar refractivity (Wildman–Crippen MR) is 99.0 cm³/mol. The number of aromatic nitrogens is 4. The molecule has 26 heavy (non-hydrogen) atoms. The van der Waals surface area contributed by atoms with Crippen molar-refractivity contribution in [2.24, 2.45) is 12.9 Å². The average Bonchev–Trinajstić information content (AvgIpc) is 2.98. The molecule has 0 saturated carbocycles. The van der Waals surface area contributed by atoms with E-state index in [0.29, 0.717) is 5.75 Å². The number of imidazole rings is 1. The average molecular weight is 425 g/mol. The Labute approximate surface area is 155 Å². The topological polar surface area (TPSA) is 140 Å². The van der Waals surface area contributed by atoms with Crippen molar-refractivity contribution in [3.63, 3.8) is 0 Å². The van der Waals surface area contributed by atoms with Gasteiger partial charge in [0.1, 0.15) is 18.5 Å². The number of benzene rings is 1. The van der Waals surface area contributed by atoms with E-state index in [-0.39, 0.29) is 30.3 Å². The number of hydrogen-bond acceptors (Lipinski definition) is 7. The van der Waals surface area contributed by atoms with Crippen LogP contribution in [0.5, 0.6) is 5.75 Å². The number of aliphatic hydroxyl groups excluding tert-OH is 1. The number of nitrogens with one attached hydrogen (secondary N) is 2. The van der Waals surface area contributed by atoms with Gasteiger partial charge in [-0.25, -0.2) is 10.6 Å². The quantitative estimate of drug-likeness (QED) is 0.320. The minimum atomic E-state index is -0.945. The summed E-state index contributed by atoms with van der Waals surface area (Å²) in [7, 11) is 1.48.